The maximum absolute atomic E-state index is 12.4. The average molecular weight is 389 g/mol. The number of unbranched alkanes of at least 4 members (excludes halogenated alkanes) is 2. The Hall–Kier alpha value is -1.92. The van der Waals surface area contributed by atoms with Gasteiger partial charge in [-0.2, -0.15) is 0 Å². The molecule has 0 N–H and O–H groups in total. The first kappa shape index (κ1) is 20.8. The van der Waals surface area contributed by atoms with E-state index in [0.29, 0.717) is 24.6 Å². The topological polar surface area (TPSA) is 59.1 Å². The molecule has 0 aromatic heterocycles. The SMILES string of the molecule is CCCCCC(OC=O)OC(=O)c1ccc(CN2CCCN3CCCC32)cc1. The highest BCUT2D eigenvalue weighted by Crippen LogP contribution is 2.26. The first-order valence-electron chi connectivity index (χ1n) is 10.6. The molecule has 1 aromatic carbocycles. The molecule has 2 fully saturated rings. The van der Waals surface area contributed by atoms with Crippen LogP contribution >= 0.6 is 0 Å². The Kier molecular flexibility index (Phi) is 7.86. The average Bonchev–Trinajstić information content (AvgIpc) is 3.19. The van der Waals surface area contributed by atoms with Crippen molar-refractivity contribution in [1.29, 1.82) is 0 Å². The van der Waals surface area contributed by atoms with E-state index in [4.69, 9.17) is 9.47 Å². The lowest BCUT2D eigenvalue weighted by atomic mass is 10.1. The maximum atomic E-state index is 12.4. The zero-order valence-corrected chi connectivity index (χ0v) is 16.8. The van der Waals surface area contributed by atoms with Crippen LogP contribution < -0.4 is 0 Å². The molecule has 2 atom stereocenters. The molecule has 0 aliphatic carbocycles. The van der Waals surface area contributed by atoms with Gasteiger partial charge in [0.25, 0.3) is 6.47 Å². The molecular formula is C22H32N2O4. The van der Waals surface area contributed by atoms with E-state index in [1.807, 2.05) is 12.1 Å². The molecule has 2 saturated heterocycles. The Bertz CT molecular complexity index is 634. The molecule has 0 radical (unpaired) electrons. The first-order valence-corrected chi connectivity index (χ1v) is 10.6. The van der Waals surface area contributed by atoms with Crippen molar-refractivity contribution in [3.8, 4) is 0 Å². The Morgan fingerprint density at radius 3 is 2.71 bits per heavy atom. The standard InChI is InChI=1S/C22H32N2O4/c1-2-3-4-8-21(27-17-25)28-22(26)19-11-9-18(10-12-19)16-24-15-6-14-23-13-5-7-20(23)24/h9-12,17,20-21H,2-8,13-16H2,1H3. The van der Waals surface area contributed by atoms with Gasteiger partial charge in [0.2, 0.25) is 6.29 Å². The third-order valence-corrected chi connectivity index (χ3v) is 5.71. The van der Waals surface area contributed by atoms with Crippen molar-refractivity contribution in [3.63, 3.8) is 0 Å². The highest BCUT2D eigenvalue weighted by atomic mass is 16.7. The molecule has 0 amide bonds. The third-order valence-electron chi connectivity index (χ3n) is 5.71. The second-order valence-corrected chi connectivity index (χ2v) is 7.74. The van der Waals surface area contributed by atoms with E-state index in [1.165, 1.54) is 37.9 Å². The minimum Gasteiger partial charge on any atom is -0.427 e. The summed E-state index contributed by atoms with van der Waals surface area (Å²) in [4.78, 5) is 28.2. The summed E-state index contributed by atoms with van der Waals surface area (Å²) < 4.78 is 10.3. The van der Waals surface area contributed by atoms with Gasteiger partial charge in [-0.3, -0.25) is 14.6 Å². The number of hydrogen-bond acceptors (Lipinski definition) is 6. The summed E-state index contributed by atoms with van der Waals surface area (Å²) in [5.41, 5.74) is 1.69. The smallest absolute Gasteiger partial charge is 0.341 e. The van der Waals surface area contributed by atoms with Crippen LogP contribution in [0.5, 0.6) is 0 Å². The predicted octanol–water partition coefficient (Wildman–Crippen LogP) is 3.55. The van der Waals surface area contributed by atoms with Crippen LogP contribution in [0.25, 0.3) is 0 Å². The van der Waals surface area contributed by atoms with Crippen LogP contribution in [0.1, 0.15) is 67.8 Å². The van der Waals surface area contributed by atoms with Crippen molar-refractivity contribution in [3.05, 3.63) is 35.4 Å². The molecule has 2 aliphatic rings. The molecule has 2 heterocycles. The molecule has 1 aromatic rings. The fourth-order valence-corrected chi connectivity index (χ4v) is 4.24. The van der Waals surface area contributed by atoms with E-state index in [2.05, 4.69) is 16.7 Å². The van der Waals surface area contributed by atoms with Crippen molar-refractivity contribution in [1.82, 2.24) is 9.80 Å². The summed E-state index contributed by atoms with van der Waals surface area (Å²) in [5, 5.41) is 0. The van der Waals surface area contributed by atoms with Gasteiger partial charge < -0.3 is 9.47 Å². The lowest BCUT2D eigenvalue weighted by Crippen LogP contribution is -2.49. The second-order valence-electron chi connectivity index (χ2n) is 7.74. The number of benzene rings is 1. The fourth-order valence-electron chi connectivity index (χ4n) is 4.24. The molecular weight excluding hydrogens is 356 g/mol. The zero-order chi connectivity index (χ0) is 19.8. The number of ether oxygens (including phenoxy) is 2. The quantitative estimate of drug-likeness (QED) is 0.264. The monoisotopic (exact) mass is 388 g/mol. The number of hydrogen-bond donors (Lipinski definition) is 0. The van der Waals surface area contributed by atoms with Crippen molar-refractivity contribution in [2.45, 2.75) is 70.9 Å². The van der Waals surface area contributed by atoms with E-state index in [1.54, 1.807) is 12.1 Å². The van der Waals surface area contributed by atoms with Crippen LogP contribution in [0.4, 0.5) is 0 Å². The third kappa shape index (κ3) is 5.55. The number of fused-ring (bicyclic) bond motifs is 1. The van der Waals surface area contributed by atoms with Crippen LogP contribution in [0.15, 0.2) is 24.3 Å². The van der Waals surface area contributed by atoms with Gasteiger partial charge in [-0.15, -0.1) is 0 Å². The Labute approximate surface area is 167 Å². The normalized spacial score (nSPS) is 21.1. The van der Waals surface area contributed by atoms with Crippen LogP contribution in [-0.4, -0.2) is 54.3 Å². The summed E-state index contributed by atoms with van der Waals surface area (Å²) >= 11 is 0. The van der Waals surface area contributed by atoms with Crippen LogP contribution in [0.2, 0.25) is 0 Å². The van der Waals surface area contributed by atoms with Crippen molar-refractivity contribution >= 4 is 12.4 Å². The number of esters is 1. The van der Waals surface area contributed by atoms with E-state index in [-0.39, 0.29) is 0 Å². The molecule has 2 aliphatic heterocycles. The van der Waals surface area contributed by atoms with Gasteiger partial charge in [0.15, 0.2) is 0 Å². The summed E-state index contributed by atoms with van der Waals surface area (Å²) in [5.74, 6) is -0.449. The first-order chi connectivity index (χ1) is 13.7. The number of carbonyl (C=O) groups is 2. The molecule has 0 saturated carbocycles. The summed E-state index contributed by atoms with van der Waals surface area (Å²) in [6.07, 6.45) is 6.98. The Balaban J connectivity index is 1.54. The van der Waals surface area contributed by atoms with Gasteiger partial charge in [-0.25, -0.2) is 4.79 Å². The molecule has 0 bridgehead atoms. The minimum atomic E-state index is -0.807. The lowest BCUT2D eigenvalue weighted by Gasteiger charge is -2.40. The van der Waals surface area contributed by atoms with E-state index in [9.17, 15) is 9.59 Å². The second kappa shape index (κ2) is 10.6. The maximum Gasteiger partial charge on any atom is 0.341 e. The summed E-state index contributed by atoms with van der Waals surface area (Å²) in [7, 11) is 0. The lowest BCUT2D eigenvalue weighted by molar-refractivity contribution is -0.154. The van der Waals surface area contributed by atoms with E-state index in [0.717, 1.165) is 32.4 Å². The molecule has 3 rings (SSSR count). The zero-order valence-electron chi connectivity index (χ0n) is 16.8. The van der Waals surface area contributed by atoms with Gasteiger partial charge in [-0.05, 0) is 49.9 Å². The molecule has 2 unspecified atom stereocenters. The number of nitrogens with zero attached hydrogens (tertiary/aromatic N) is 2. The van der Waals surface area contributed by atoms with Crippen molar-refractivity contribution < 1.29 is 19.1 Å². The van der Waals surface area contributed by atoms with Crippen LogP contribution in [0.3, 0.4) is 0 Å². The van der Waals surface area contributed by atoms with Gasteiger partial charge in [0.1, 0.15) is 0 Å². The highest BCUT2D eigenvalue weighted by Gasteiger charge is 2.32. The van der Waals surface area contributed by atoms with Crippen LogP contribution in [0, 0.1) is 0 Å². The van der Waals surface area contributed by atoms with Gasteiger partial charge in [0, 0.05) is 26.1 Å². The molecule has 154 valence electrons. The summed E-state index contributed by atoms with van der Waals surface area (Å²) in [6.45, 7) is 6.91. The number of rotatable bonds is 10. The molecule has 6 heteroatoms. The predicted molar refractivity (Wildman–Crippen MR) is 107 cm³/mol. The largest absolute Gasteiger partial charge is 0.427 e. The minimum absolute atomic E-state index is 0.345. The Morgan fingerprint density at radius 1 is 1.18 bits per heavy atom. The summed E-state index contributed by atoms with van der Waals surface area (Å²) in [6, 6.07) is 7.60. The van der Waals surface area contributed by atoms with Gasteiger partial charge in [0.05, 0.1) is 11.7 Å². The van der Waals surface area contributed by atoms with E-state index >= 15 is 0 Å². The Morgan fingerprint density at radius 2 is 1.96 bits per heavy atom. The van der Waals surface area contributed by atoms with Gasteiger partial charge >= 0.3 is 5.97 Å². The fraction of sp³-hybridized carbons (Fsp3) is 0.636. The van der Waals surface area contributed by atoms with Crippen molar-refractivity contribution in [2.75, 3.05) is 19.6 Å². The highest BCUT2D eigenvalue weighted by molar-refractivity contribution is 5.89. The van der Waals surface area contributed by atoms with Crippen LogP contribution in [-0.2, 0) is 20.8 Å². The molecule has 6 nitrogen and oxygen atoms in total. The molecule has 0 spiro atoms. The molecule has 28 heavy (non-hydrogen) atoms. The number of carbonyl (C=O) groups excluding carboxylic acids is 2. The van der Waals surface area contributed by atoms with Gasteiger partial charge in [-0.1, -0.05) is 31.9 Å². The van der Waals surface area contributed by atoms with E-state index < -0.39 is 12.3 Å². The van der Waals surface area contributed by atoms with Crippen molar-refractivity contribution in [2.24, 2.45) is 0 Å².